The lowest BCUT2D eigenvalue weighted by Crippen LogP contribution is -2.08. The number of aromatic nitrogens is 5. The molecule has 30 heavy (non-hydrogen) atoms. The molecule has 0 bridgehead atoms. The Hall–Kier alpha value is -3.24. The first kappa shape index (κ1) is 18.8. The third-order valence-corrected chi connectivity index (χ3v) is 6.22. The second kappa shape index (κ2) is 7.22. The molecule has 1 aromatic carbocycles. The van der Waals surface area contributed by atoms with E-state index in [2.05, 4.69) is 20.5 Å². The van der Waals surface area contributed by atoms with Crippen molar-refractivity contribution in [3.05, 3.63) is 55.0 Å². The van der Waals surface area contributed by atoms with Crippen LogP contribution in [-0.4, -0.2) is 52.3 Å². The predicted octanol–water partition coefficient (Wildman–Crippen LogP) is 2.70. The van der Waals surface area contributed by atoms with Crippen molar-refractivity contribution in [2.24, 2.45) is 0 Å². The van der Waals surface area contributed by atoms with Crippen molar-refractivity contribution < 1.29 is 13.2 Å². The Bertz CT molecular complexity index is 1300. The summed E-state index contributed by atoms with van der Waals surface area (Å²) in [5.41, 5.74) is 3.19. The molecular weight excluding hydrogens is 404 g/mol. The van der Waals surface area contributed by atoms with Crippen molar-refractivity contribution in [3.63, 3.8) is 0 Å². The Balaban J connectivity index is 1.44. The van der Waals surface area contributed by atoms with E-state index >= 15 is 0 Å². The molecule has 3 aromatic heterocycles. The van der Waals surface area contributed by atoms with E-state index in [4.69, 9.17) is 4.74 Å². The van der Waals surface area contributed by atoms with E-state index in [1.54, 1.807) is 35.0 Å². The summed E-state index contributed by atoms with van der Waals surface area (Å²) in [6.07, 6.45) is 7.64. The predicted molar refractivity (Wildman–Crippen MR) is 112 cm³/mol. The Morgan fingerprint density at radius 3 is 2.77 bits per heavy atom. The van der Waals surface area contributed by atoms with Gasteiger partial charge in [-0.3, -0.25) is 4.68 Å². The lowest BCUT2D eigenvalue weighted by Gasteiger charge is -2.06. The molecule has 10 heteroatoms. The van der Waals surface area contributed by atoms with Gasteiger partial charge in [0.25, 0.3) is 0 Å². The fraction of sp³-hybridized carbons (Fsp3) is 0.250. The quantitative estimate of drug-likeness (QED) is 0.525. The highest BCUT2D eigenvalue weighted by atomic mass is 32.2. The molecule has 1 N–H and O–H groups in total. The lowest BCUT2D eigenvalue weighted by molar-refractivity contribution is 0.184. The Morgan fingerprint density at radius 1 is 1.20 bits per heavy atom. The van der Waals surface area contributed by atoms with Gasteiger partial charge in [-0.05, 0) is 36.2 Å². The zero-order valence-corrected chi connectivity index (χ0v) is 17.1. The summed E-state index contributed by atoms with van der Waals surface area (Å²) in [5, 5.41) is 12.1. The van der Waals surface area contributed by atoms with Crippen LogP contribution >= 0.6 is 0 Å². The summed E-state index contributed by atoms with van der Waals surface area (Å²) in [7, 11) is -3.24. The number of nitrogens with zero attached hydrogens (tertiary/aromatic N) is 5. The largest absolute Gasteiger partial charge is 0.379 e. The van der Waals surface area contributed by atoms with Crippen LogP contribution in [0.1, 0.15) is 12.5 Å². The smallest absolute Gasteiger partial charge is 0.247 e. The topological polar surface area (TPSA) is 103 Å². The van der Waals surface area contributed by atoms with Gasteiger partial charge in [0.15, 0.2) is 15.5 Å². The average Bonchev–Trinajstić information content (AvgIpc) is 3.47. The van der Waals surface area contributed by atoms with Gasteiger partial charge in [0.2, 0.25) is 5.95 Å². The Morgan fingerprint density at radius 2 is 2.03 bits per heavy atom. The van der Waals surface area contributed by atoms with Crippen molar-refractivity contribution in [1.82, 2.24) is 24.4 Å². The Labute approximate surface area is 173 Å². The van der Waals surface area contributed by atoms with Crippen molar-refractivity contribution in [3.8, 4) is 11.1 Å². The van der Waals surface area contributed by atoms with Crippen LogP contribution in [0, 0.1) is 0 Å². The minimum Gasteiger partial charge on any atom is -0.379 e. The van der Waals surface area contributed by atoms with Crippen molar-refractivity contribution in [2.45, 2.75) is 17.4 Å². The first-order chi connectivity index (χ1) is 14.5. The van der Waals surface area contributed by atoms with E-state index in [1.165, 1.54) is 6.26 Å². The summed E-state index contributed by atoms with van der Waals surface area (Å²) in [5.74, 6) is 0.456. The molecule has 5 rings (SSSR count). The van der Waals surface area contributed by atoms with Crippen molar-refractivity contribution in [2.75, 3.05) is 24.8 Å². The van der Waals surface area contributed by atoms with Gasteiger partial charge in [0.1, 0.15) is 0 Å². The zero-order valence-electron chi connectivity index (χ0n) is 16.3. The van der Waals surface area contributed by atoms with Gasteiger partial charge < -0.3 is 10.1 Å². The van der Waals surface area contributed by atoms with Gasteiger partial charge in [-0.2, -0.15) is 10.1 Å². The van der Waals surface area contributed by atoms with Gasteiger partial charge in [0.05, 0.1) is 29.4 Å². The highest BCUT2D eigenvalue weighted by molar-refractivity contribution is 7.90. The third-order valence-electron chi connectivity index (χ3n) is 5.09. The van der Waals surface area contributed by atoms with Crippen LogP contribution in [0.3, 0.4) is 0 Å². The molecule has 1 unspecified atom stereocenters. The maximum absolute atomic E-state index is 11.7. The summed E-state index contributed by atoms with van der Waals surface area (Å²) in [6, 6.07) is 10.8. The van der Waals surface area contributed by atoms with Crippen LogP contribution in [0.2, 0.25) is 0 Å². The van der Waals surface area contributed by atoms with Gasteiger partial charge >= 0.3 is 0 Å². The van der Waals surface area contributed by atoms with Crippen LogP contribution in [-0.2, 0) is 14.6 Å². The zero-order chi connectivity index (χ0) is 20.7. The fourth-order valence-electron chi connectivity index (χ4n) is 3.53. The van der Waals surface area contributed by atoms with Crippen LogP contribution in [0.15, 0.2) is 59.9 Å². The number of sulfone groups is 1. The Kier molecular flexibility index (Phi) is 4.52. The molecule has 0 radical (unpaired) electrons. The first-order valence-corrected chi connectivity index (χ1v) is 11.4. The van der Waals surface area contributed by atoms with Gasteiger partial charge in [-0.1, -0.05) is 12.1 Å². The van der Waals surface area contributed by atoms with Crippen molar-refractivity contribution >= 4 is 27.1 Å². The maximum Gasteiger partial charge on any atom is 0.247 e. The molecule has 0 saturated carbocycles. The highest BCUT2D eigenvalue weighted by Crippen LogP contribution is 2.26. The molecule has 1 aliphatic rings. The van der Waals surface area contributed by atoms with Crippen LogP contribution in [0.25, 0.3) is 16.8 Å². The van der Waals surface area contributed by atoms with Gasteiger partial charge in [-0.15, -0.1) is 5.10 Å². The molecule has 0 amide bonds. The first-order valence-electron chi connectivity index (χ1n) is 9.52. The second-order valence-electron chi connectivity index (χ2n) is 7.27. The number of pyridine rings is 1. The summed E-state index contributed by atoms with van der Waals surface area (Å²) >= 11 is 0. The molecule has 9 nitrogen and oxygen atoms in total. The van der Waals surface area contributed by atoms with Crippen molar-refractivity contribution in [1.29, 1.82) is 0 Å². The number of hydrogen-bond donors (Lipinski definition) is 1. The van der Waals surface area contributed by atoms with Crippen LogP contribution < -0.4 is 5.32 Å². The summed E-state index contributed by atoms with van der Waals surface area (Å²) in [4.78, 5) is 4.91. The monoisotopic (exact) mass is 424 g/mol. The molecule has 154 valence electrons. The molecule has 0 spiro atoms. The maximum atomic E-state index is 11.7. The van der Waals surface area contributed by atoms with Crippen LogP contribution in [0.4, 0.5) is 11.6 Å². The number of benzene rings is 1. The second-order valence-corrected chi connectivity index (χ2v) is 9.29. The van der Waals surface area contributed by atoms with E-state index in [0.717, 1.165) is 29.8 Å². The van der Waals surface area contributed by atoms with E-state index in [1.807, 2.05) is 29.2 Å². The standard InChI is InChI=1S/C20H20N6O3S/c1-30(27,28)17-6-4-14(5-7-17)18-3-2-9-25-19(18)23-20(24-25)22-15-11-21-26(12-15)16-8-10-29-13-16/h2-7,9,11-12,16H,8,10,13H2,1H3,(H,22,24). The van der Waals surface area contributed by atoms with Gasteiger partial charge in [-0.25, -0.2) is 12.9 Å². The number of rotatable bonds is 5. The van der Waals surface area contributed by atoms with E-state index in [-0.39, 0.29) is 10.9 Å². The molecule has 1 saturated heterocycles. The number of nitrogens with one attached hydrogen (secondary N) is 1. The minimum atomic E-state index is -3.24. The minimum absolute atomic E-state index is 0.260. The molecule has 1 aliphatic heterocycles. The molecule has 4 aromatic rings. The van der Waals surface area contributed by atoms with Gasteiger partial charge in [0, 0.05) is 30.8 Å². The third kappa shape index (κ3) is 3.55. The van der Waals surface area contributed by atoms with E-state index < -0.39 is 9.84 Å². The fourth-order valence-corrected chi connectivity index (χ4v) is 4.16. The highest BCUT2D eigenvalue weighted by Gasteiger charge is 2.19. The van der Waals surface area contributed by atoms with Crippen LogP contribution in [0.5, 0.6) is 0 Å². The molecular formula is C20H20N6O3S. The van der Waals surface area contributed by atoms with E-state index in [0.29, 0.717) is 18.2 Å². The molecule has 1 atom stereocenters. The SMILES string of the molecule is CS(=O)(=O)c1ccc(-c2cccn3nc(Nc4cnn(C5CCOC5)c4)nc23)cc1. The average molecular weight is 424 g/mol. The number of anilines is 2. The molecule has 0 aliphatic carbocycles. The number of fused-ring (bicyclic) bond motifs is 1. The van der Waals surface area contributed by atoms with E-state index in [9.17, 15) is 8.42 Å². The number of hydrogen-bond acceptors (Lipinski definition) is 7. The number of ether oxygens (including phenoxy) is 1. The molecule has 4 heterocycles. The molecule has 1 fully saturated rings. The normalized spacial score (nSPS) is 16.9. The lowest BCUT2D eigenvalue weighted by atomic mass is 10.1. The summed E-state index contributed by atoms with van der Waals surface area (Å²) in [6.45, 7) is 1.43. The summed E-state index contributed by atoms with van der Waals surface area (Å²) < 4.78 is 32.4.